The Bertz CT molecular complexity index is 525. The lowest BCUT2D eigenvalue weighted by Crippen LogP contribution is -2.48. The number of carbonyl (C=O) groups excluding carboxylic acids is 1. The Morgan fingerprint density at radius 2 is 2.10 bits per heavy atom. The molecule has 1 aliphatic carbocycles. The highest BCUT2D eigenvalue weighted by molar-refractivity contribution is 6.31. The van der Waals surface area contributed by atoms with Gasteiger partial charge in [0.25, 0.3) is 0 Å². The highest BCUT2D eigenvalue weighted by Gasteiger charge is 2.54. The summed E-state index contributed by atoms with van der Waals surface area (Å²) in [5.41, 5.74) is 0.577. The first kappa shape index (κ1) is 14.9. The van der Waals surface area contributed by atoms with E-state index in [1.54, 1.807) is 0 Å². The Morgan fingerprint density at radius 1 is 1.33 bits per heavy atom. The van der Waals surface area contributed by atoms with E-state index in [1.807, 2.05) is 29.2 Å². The summed E-state index contributed by atoms with van der Waals surface area (Å²) in [5, 5.41) is 9.93. The number of hydrogen-bond donors (Lipinski definition) is 1. The molecule has 1 saturated heterocycles. The highest BCUT2D eigenvalue weighted by atomic mass is 35.5. The Balaban J connectivity index is 1.85. The molecule has 1 atom stereocenters. The van der Waals surface area contributed by atoms with Crippen molar-refractivity contribution in [3.05, 3.63) is 34.9 Å². The molecule has 1 saturated carbocycles. The number of halogens is 1. The van der Waals surface area contributed by atoms with Crippen LogP contribution >= 0.6 is 11.6 Å². The van der Waals surface area contributed by atoms with E-state index in [-0.39, 0.29) is 18.6 Å². The lowest BCUT2D eigenvalue weighted by atomic mass is 9.91. The van der Waals surface area contributed by atoms with Gasteiger partial charge in [-0.3, -0.25) is 4.79 Å². The molecule has 1 unspecified atom stereocenters. The lowest BCUT2D eigenvalue weighted by molar-refractivity contribution is -0.138. The molecule has 2 aliphatic rings. The summed E-state index contributed by atoms with van der Waals surface area (Å²) in [4.78, 5) is 15.1. The zero-order valence-corrected chi connectivity index (χ0v) is 13.0. The average Bonchev–Trinajstić information content (AvgIpc) is 3.29. The maximum atomic E-state index is 13.1. The van der Waals surface area contributed by atoms with Crippen LogP contribution in [0.3, 0.4) is 0 Å². The van der Waals surface area contributed by atoms with E-state index in [2.05, 4.69) is 0 Å². The van der Waals surface area contributed by atoms with E-state index in [4.69, 9.17) is 11.6 Å². The van der Waals surface area contributed by atoms with Gasteiger partial charge in [0.05, 0.1) is 5.41 Å². The number of benzene rings is 1. The maximum Gasteiger partial charge on any atom is 0.233 e. The van der Waals surface area contributed by atoms with Crippen LogP contribution in [0.25, 0.3) is 0 Å². The van der Waals surface area contributed by atoms with Crippen molar-refractivity contribution >= 4 is 17.5 Å². The molecule has 4 heteroatoms. The second-order valence-corrected chi connectivity index (χ2v) is 6.63. The number of likely N-dealkylation sites (tertiary alicyclic amines) is 1. The number of aliphatic hydroxyl groups is 1. The van der Waals surface area contributed by atoms with Gasteiger partial charge in [-0.25, -0.2) is 0 Å². The second-order valence-electron chi connectivity index (χ2n) is 6.22. The zero-order valence-electron chi connectivity index (χ0n) is 12.2. The maximum absolute atomic E-state index is 13.1. The molecular weight excluding hydrogens is 286 g/mol. The summed E-state index contributed by atoms with van der Waals surface area (Å²) in [6.07, 6.45) is 5.67. The van der Waals surface area contributed by atoms with Crippen molar-refractivity contribution in [1.82, 2.24) is 4.90 Å². The third-order valence-corrected chi connectivity index (χ3v) is 5.23. The van der Waals surface area contributed by atoms with E-state index in [1.165, 1.54) is 0 Å². The fraction of sp³-hybridized carbons (Fsp3) is 0.588. The number of aliphatic hydroxyl groups excluding tert-OH is 1. The Morgan fingerprint density at radius 3 is 2.76 bits per heavy atom. The van der Waals surface area contributed by atoms with Crippen molar-refractivity contribution in [2.45, 2.75) is 50.0 Å². The molecule has 1 N–H and O–H groups in total. The predicted molar refractivity (Wildman–Crippen MR) is 83.4 cm³/mol. The SMILES string of the molecule is O=C(N1CCCCC1CCO)C1(c2ccccc2Cl)CC1. The smallest absolute Gasteiger partial charge is 0.233 e. The van der Waals surface area contributed by atoms with Crippen LogP contribution in [0.15, 0.2) is 24.3 Å². The molecule has 3 nitrogen and oxygen atoms in total. The summed E-state index contributed by atoms with van der Waals surface area (Å²) in [6.45, 7) is 0.962. The number of rotatable bonds is 4. The minimum atomic E-state index is -0.399. The fourth-order valence-corrected chi connectivity index (χ4v) is 3.88. The van der Waals surface area contributed by atoms with Gasteiger partial charge in [-0.15, -0.1) is 0 Å². The second kappa shape index (κ2) is 5.98. The van der Waals surface area contributed by atoms with Gasteiger partial charge in [-0.05, 0) is 50.2 Å². The van der Waals surface area contributed by atoms with Crippen molar-refractivity contribution in [3.8, 4) is 0 Å². The molecule has 0 spiro atoms. The fourth-order valence-electron chi connectivity index (χ4n) is 3.56. The Labute approximate surface area is 130 Å². The van der Waals surface area contributed by atoms with Crippen LogP contribution in [0, 0.1) is 0 Å². The van der Waals surface area contributed by atoms with Gasteiger partial charge < -0.3 is 10.0 Å². The zero-order chi connectivity index (χ0) is 14.9. The minimum Gasteiger partial charge on any atom is -0.396 e. The topological polar surface area (TPSA) is 40.5 Å². The van der Waals surface area contributed by atoms with Gasteiger partial charge >= 0.3 is 0 Å². The molecule has 3 rings (SSSR count). The van der Waals surface area contributed by atoms with Gasteiger partial charge in [0.15, 0.2) is 0 Å². The molecule has 21 heavy (non-hydrogen) atoms. The van der Waals surface area contributed by atoms with Crippen molar-refractivity contribution in [3.63, 3.8) is 0 Å². The van der Waals surface area contributed by atoms with Crippen LogP contribution in [0.4, 0.5) is 0 Å². The Kier molecular flexibility index (Phi) is 4.23. The number of nitrogens with zero attached hydrogens (tertiary/aromatic N) is 1. The molecule has 1 amide bonds. The van der Waals surface area contributed by atoms with Gasteiger partial charge in [0.2, 0.25) is 5.91 Å². The molecule has 2 fully saturated rings. The van der Waals surface area contributed by atoms with E-state index in [9.17, 15) is 9.90 Å². The van der Waals surface area contributed by atoms with E-state index >= 15 is 0 Å². The molecule has 1 aromatic rings. The van der Waals surface area contributed by atoms with Gasteiger partial charge in [-0.2, -0.15) is 0 Å². The van der Waals surface area contributed by atoms with E-state index < -0.39 is 5.41 Å². The molecular formula is C17H22ClNO2. The first-order chi connectivity index (χ1) is 10.2. The number of amides is 1. The summed E-state index contributed by atoms with van der Waals surface area (Å²) in [6, 6.07) is 7.90. The molecule has 1 aromatic carbocycles. The van der Waals surface area contributed by atoms with Crippen molar-refractivity contribution in [2.75, 3.05) is 13.2 Å². The first-order valence-corrected chi connectivity index (χ1v) is 8.24. The summed E-state index contributed by atoms with van der Waals surface area (Å²) in [7, 11) is 0. The highest BCUT2D eigenvalue weighted by Crippen LogP contribution is 2.52. The standard InChI is InChI=1S/C17H22ClNO2/c18-15-7-2-1-6-14(15)17(9-10-17)16(21)19-11-4-3-5-13(19)8-12-20/h1-2,6-7,13,20H,3-5,8-12H2. The number of hydrogen-bond acceptors (Lipinski definition) is 2. The van der Waals surface area contributed by atoms with Crippen LogP contribution in [-0.4, -0.2) is 35.1 Å². The number of carbonyl (C=O) groups is 1. The summed E-state index contributed by atoms with van der Waals surface area (Å²) in [5.74, 6) is 0.216. The van der Waals surface area contributed by atoms with E-state index in [0.717, 1.165) is 44.2 Å². The van der Waals surface area contributed by atoms with Crippen LogP contribution in [0.5, 0.6) is 0 Å². The van der Waals surface area contributed by atoms with Gasteiger partial charge in [0, 0.05) is 24.2 Å². The van der Waals surface area contributed by atoms with Crippen LogP contribution in [0.2, 0.25) is 5.02 Å². The molecule has 114 valence electrons. The predicted octanol–water partition coefficient (Wildman–Crippen LogP) is 3.14. The van der Waals surface area contributed by atoms with Gasteiger partial charge in [-0.1, -0.05) is 29.8 Å². The third-order valence-electron chi connectivity index (χ3n) is 4.90. The third kappa shape index (κ3) is 2.69. The first-order valence-electron chi connectivity index (χ1n) is 7.86. The van der Waals surface area contributed by atoms with Gasteiger partial charge in [0.1, 0.15) is 0 Å². The average molecular weight is 308 g/mol. The molecule has 1 aliphatic heterocycles. The Hall–Kier alpha value is -1.06. The number of piperidine rings is 1. The molecule has 1 heterocycles. The monoisotopic (exact) mass is 307 g/mol. The van der Waals surface area contributed by atoms with Crippen LogP contribution in [0.1, 0.15) is 44.1 Å². The molecule has 0 bridgehead atoms. The lowest BCUT2D eigenvalue weighted by Gasteiger charge is -2.38. The molecule has 0 aromatic heterocycles. The van der Waals surface area contributed by atoms with E-state index in [0.29, 0.717) is 11.4 Å². The van der Waals surface area contributed by atoms with Crippen molar-refractivity contribution < 1.29 is 9.90 Å². The summed E-state index contributed by atoms with van der Waals surface area (Å²) >= 11 is 6.32. The van der Waals surface area contributed by atoms with Crippen LogP contribution in [-0.2, 0) is 10.2 Å². The summed E-state index contributed by atoms with van der Waals surface area (Å²) < 4.78 is 0. The quantitative estimate of drug-likeness (QED) is 0.928. The largest absolute Gasteiger partial charge is 0.396 e. The van der Waals surface area contributed by atoms with Crippen molar-refractivity contribution in [2.24, 2.45) is 0 Å². The normalized spacial score (nSPS) is 23.9. The van der Waals surface area contributed by atoms with Crippen LogP contribution < -0.4 is 0 Å². The molecule has 0 radical (unpaired) electrons. The minimum absolute atomic E-state index is 0.146. The van der Waals surface area contributed by atoms with Crippen molar-refractivity contribution in [1.29, 1.82) is 0 Å².